The van der Waals surface area contributed by atoms with Crippen molar-refractivity contribution in [3.8, 4) is 0 Å². The third-order valence-corrected chi connectivity index (χ3v) is 6.94. The van der Waals surface area contributed by atoms with Gasteiger partial charge in [-0.3, -0.25) is 4.79 Å². The molecule has 0 saturated carbocycles. The lowest BCUT2D eigenvalue weighted by Crippen LogP contribution is -2.30. The smallest absolute Gasteiger partial charge is 0.251 e. The summed E-state index contributed by atoms with van der Waals surface area (Å²) < 4.78 is 26.3. The first-order chi connectivity index (χ1) is 12.5. The number of hydrogen-bond acceptors (Lipinski definition) is 4. The molecule has 5 nitrogen and oxygen atoms in total. The van der Waals surface area contributed by atoms with Gasteiger partial charge < -0.3 is 5.32 Å². The highest BCUT2D eigenvalue weighted by Crippen LogP contribution is 2.17. The molecule has 0 fully saturated rings. The SMILES string of the molecule is CCN(CC)S(=O)(=O)c1ccc(C(=O)NCCSc2ccccc2)cc1. The number of hydrogen-bond donors (Lipinski definition) is 1. The van der Waals surface area contributed by atoms with Crippen LogP contribution in [-0.4, -0.2) is 44.0 Å². The van der Waals surface area contributed by atoms with Gasteiger partial charge in [-0.05, 0) is 36.4 Å². The molecule has 0 atom stereocenters. The summed E-state index contributed by atoms with van der Waals surface area (Å²) in [5.41, 5.74) is 0.452. The number of rotatable bonds is 9. The minimum absolute atomic E-state index is 0.203. The Hall–Kier alpha value is -1.83. The highest BCUT2D eigenvalue weighted by Gasteiger charge is 2.21. The van der Waals surface area contributed by atoms with Crippen LogP contribution in [0.15, 0.2) is 64.4 Å². The van der Waals surface area contributed by atoms with Crippen molar-refractivity contribution in [3.05, 3.63) is 60.2 Å². The van der Waals surface area contributed by atoms with Gasteiger partial charge in [0.2, 0.25) is 10.0 Å². The number of carbonyl (C=O) groups is 1. The van der Waals surface area contributed by atoms with Gasteiger partial charge in [0.1, 0.15) is 0 Å². The molecule has 0 spiro atoms. The fraction of sp³-hybridized carbons (Fsp3) is 0.316. The van der Waals surface area contributed by atoms with Gasteiger partial charge in [-0.1, -0.05) is 32.0 Å². The van der Waals surface area contributed by atoms with Crippen molar-refractivity contribution in [1.29, 1.82) is 0 Å². The Morgan fingerprint density at radius 3 is 2.19 bits per heavy atom. The molecule has 140 valence electrons. The molecule has 0 radical (unpaired) electrons. The van der Waals surface area contributed by atoms with Crippen LogP contribution in [0.2, 0.25) is 0 Å². The maximum absolute atomic E-state index is 12.4. The van der Waals surface area contributed by atoms with Crippen LogP contribution in [0, 0.1) is 0 Å². The standard InChI is InChI=1S/C19H24N2O3S2/c1-3-21(4-2)26(23,24)18-12-10-16(11-13-18)19(22)20-14-15-25-17-8-6-5-7-9-17/h5-13H,3-4,14-15H2,1-2H3,(H,20,22). The molecule has 0 aromatic heterocycles. The average Bonchev–Trinajstić information content (AvgIpc) is 2.67. The predicted molar refractivity (Wildman–Crippen MR) is 106 cm³/mol. The molecule has 2 aromatic carbocycles. The molecule has 0 unspecified atom stereocenters. The van der Waals surface area contributed by atoms with Crippen molar-refractivity contribution in [3.63, 3.8) is 0 Å². The van der Waals surface area contributed by atoms with Crippen LogP contribution in [0.4, 0.5) is 0 Å². The number of nitrogens with zero attached hydrogens (tertiary/aromatic N) is 1. The monoisotopic (exact) mass is 392 g/mol. The van der Waals surface area contributed by atoms with E-state index in [1.54, 1.807) is 37.7 Å². The number of thioether (sulfide) groups is 1. The Bertz CT molecular complexity index is 802. The van der Waals surface area contributed by atoms with Crippen LogP contribution < -0.4 is 5.32 Å². The van der Waals surface area contributed by atoms with Crippen LogP contribution in [-0.2, 0) is 10.0 Å². The van der Waals surface area contributed by atoms with Gasteiger partial charge in [-0.15, -0.1) is 11.8 Å². The largest absolute Gasteiger partial charge is 0.351 e. The van der Waals surface area contributed by atoms with Gasteiger partial charge in [-0.25, -0.2) is 8.42 Å². The van der Waals surface area contributed by atoms with Gasteiger partial charge in [-0.2, -0.15) is 4.31 Å². The van der Waals surface area contributed by atoms with Crippen LogP contribution >= 0.6 is 11.8 Å². The minimum atomic E-state index is -3.50. The van der Waals surface area contributed by atoms with Crippen LogP contribution in [0.5, 0.6) is 0 Å². The summed E-state index contributed by atoms with van der Waals surface area (Å²) >= 11 is 1.67. The quantitative estimate of drug-likeness (QED) is 0.525. The number of carbonyl (C=O) groups excluding carboxylic acids is 1. The molecule has 0 bridgehead atoms. The van der Waals surface area contributed by atoms with E-state index in [1.807, 2.05) is 30.3 Å². The molecule has 0 aliphatic carbocycles. The zero-order valence-corrected chi connectivity index (χ0v) is 16.6. The van der Waals surface area contributed by atoms with Gasteiger partial charge in [0.05, 0.1) is 4.90 Å². The second-order valence-electron chi connectivity index (χ2n) is 5.53. The topological polar surface area (TPSA) is 66.5 Å². The van der Waals surface area contributed by atoms with E-state index in [1.165, 1.54) is 16.4 Å². The Morgan fingerprint density at radius 1 is 1.00 bits per heavy atom. The van der Waals surface area contributed by atoms with E-state index in [4.69, 9.17) is 0 Å². The molecule has 26 heavy (non-hydrogen) atoms. The third kappa shape index (κ3) is 5.33. The maximum Gasteiger partial charge on any atom is 0.251 e. The van der Waals surface area contributed by atoms with Crippen molar-refractivity contribution >= 4 is 27.7 Å². The summed E-state index contributed by atoms with van der Waals surface area (Å²) in [7, 11) is -3.50. The first-order valence-electron chi connectivity index (χ1n) is 8.55. The lowest BCUT2D eigenvalue weighted by Gasteiger charge is -2.18. The molecule has 1 amide bonds. The van der Waals surface area contributed by atoms with E-state index in [0.717, 1.165) is 10.6 Å². The number of sulfonamides is 1. The molecule has 0 aliphatic heterocycles. The van der Waals surface area contributed by atoms with E-state index >= 15 is 0 Å². The predicted octanol–water partition coefficient (Wildman–Crippen LogP) is 3.24. The zero-order chi connectivity index (χ0) is 19.0. The Morgan fingerprint density at radius 2 is 1.62 bits per heavy atom. The summed E-state index contributed by atoms with van der Waals surface area (Å²) in [4.78, 5) is 13.5. The van der Waals surface area contributed by atoms with Crippen molar-refractivity contribution in [2.45, 2.75) is 23.6 Å². The Labute approximate surface area is 159 Å². The van der Waals surface area contributed by atoms with Gasteiger partial charge in [0.15, 0.2) is 0 Å². The fourth-order valence-electron chi connectivity index (χ4n) is 2.44. The lowest BCUT2D eigenvalue weighted by molar-refractivity contribution is 0.0956. The molecule has 0 heterocycles. The summed E-state index contributed by atoms with van der Waals surface area (Å²) in [6.45, 7) is 4.98. The van der Waals surface area contributed by atoms with Crippen molar-refractivity contribution in [2.24, 2.45) is 0 Å². The Balaban J connectivity index is 1.90. The van der Waals surface area contributed by atoms with E-state index in [0.29, 0.717) is 25.2 Å². The number of nitrogens with one attached hydrogen (secondary N) is 1. The van der Waals surface area contributed by atoms with Crippen LogP contribution in [0.3, 0.4) is 0 Å². The fourth-order valence-corrected chi connectivity index (χ4v) is 4.69. The zero-order valence-electron chi connectivity index (χ0n) is 15.0. The second-order valence-corrected chi connectivity index (χ2v) is 8.64. The molecule has 1 N–H and O–H groups in total. The molecule has 7 heteroatoms. The molecule has 2 rings (SSSR count). The van der Waals surface area contributed by atoms with Crippen LogP contribution in [0.25, 0.3) is 0 Å². The molecule has 0 aliphatic rings. The van der Waals surface area contributed by atoms with Crippen molar-refractivity contribution in [2.75, 3.05) is 25.4 Å². The summed E-state index contributed by atoms with van der Waals surface area (Å²) in [6, 6.07) is 16.1. The molecular weight excluding hydrogens is 368 g/mol. The molecular formula is C19H24N2O3S2. The summed E-state index contributed by atoms with van der Waals surface area (Å²) in [5, 5.41) is 2.85. The third-order valence-electron chi connectivity index (χ3n) is 3.86. The van der Waals surface area contributed by atoms with Crippen molar-refractivity contribution < 1.29 is 13.2 Å². The van der Waals surface area contributed by atoms with E-state index in [-0.39, 0.29) is 10.8 Å². The minimum Gasteiger partial charge on any atom is -0.351 e. The lowest BCUT2D eigenvalue weighted by atomic mass is 10.2. The Kier molecular flexibility index (Phi) is 7.68. The van der Waals surface area contributed by atoms with Gasteiger partial charge >= 0.3 is 0 Å². The van der Waals surface area contributed by atoms with Crippen molar-refractivity contribution in [1.82, 2.24) is 9.62 Å². The highest BCUT2D eigenvalue weighted by atomic mass is 32.2. The first kappa shape index (κ1) is 20.5. The van der Waals surface area contributed by atoms with E-state index < -0.39 is 10.0 Å². The molecule has 2 aromatic rings. The average molecular weight is 393 g/mol. The second kappa shape index (κ2) is 9.75. The van der Waals surface area contributed by atoms with E-state index in [2.05, 4.69) is 5.32 Å². The van der Waals surface area contributed by atoms with Gasteiger partial charge in [0.25, 0.3) is 5.91 Å². The number of benzene rings is 2. The molecule has 0 saturated heterocycles. The van der Waals surface area contributed by atoms with E-state index in [9.17, 15) is 13.2 Å². The van der Waals surface area contributed by atoms with Crippen LogP contribution in [0.1, 0.15) is 24.2 Å². The summed E-state index contributed by atoms with van der Waals surface area (Å²) in [6.07, 6.45) is 0. The highest BCUT2D eigenvalue weighted by molar-refractivity contribution is 7.99. The summed E-state index contributed by atoms with van der Waals surface area (Å²) in [5.74, 6) is 0.565. The van der Waals surface area contributed by atoms with Gasteiger partial charge in [0, 0.05) is 35.8 Å². The first-order valence-corrected chi connectivity index (χ1v) is 11.0. The normalized spacial score (nSPS) is 11.5. The maximum atomic E-state index is 12.4. The number of amides is 1.